The van der Waals surface area contributed by atoms with Gasteiger partial charge in [-0.15, -0.1) is 0 Å². The van der Waals surface area contributed by atoms with Crippen LogP contribution in [0.2, 0.25) is 0 Å². The Kier molecular flexibility index (Phi) is 1.46. The summed E-state index contributed by atoms with van der Waals surface area (Å²) in [4.78, 5) is 22.9. The van der Waals surface area contributed by atoms with E-state index in [0.29, 0.717) is 19.4 Å². The summed E-state index contributed by atoms with van der Waals surface area (Å²) in [6.07, 6.45) is 0.614. The highest BCUT2D eigenvalue weighted by Gasteiger charge is 2.43. The zero-order valence-corrected chi connectivity index (χ0v) is 6.40. The van der Waals surface area contributed by atoms with Crippen molar-refractivity contribution in [3.63, 3.8) is 0 Å². The fourth-order valence-corrected chi connectivity index (χ4v) is 1.70. The number of rotatable bonds is 1. The maximum atomic E-state index is 11.0. The van der Waals surface area contributed by atoms with E-state index in [4.69, 9.17) is 9.84 Å². The quantitative estimate of drug-likeness (QED) is 0.605. The molecule has 12 heavy (non-hydrogen) atoms. The third-order valence-corrected chi connectivity index (χ3v) is 2.33. The molecular weight excluding hydrogens is 162 g/mol. The molecule has 1 N–H and O–H groups in total. The van der Waals surface area contributed by atoms with Gasteiger partial charge in [0.2, 0.25) is 0 Å². The highest BCUT2D eigenvalue weighted by Crippen LogP contribution is 2.26. The molecule has 0 aromatic carbocycles. The predicted molar refractivity (Wildman–Crippen MR) is 37.6 cm³/mol. The molecule has 0 radical (unpaired) electrons. The smallest absolute Gasteiger partial charge is 0.410 e. The van der Waals surface area contributed by atoms with E-state index >= 15 is 0 Å². The average Bonchev–Trinajstić information content (AvgIpc) is 2.28. The molecule has 0 aromatic rings. The number of carboxylic acids is 1. The molecule has 0 saturated carbocycles. The minimum absolute atomic E-state index is 0.0758. The lowest BCUT2D eigenvalue weighted by Gasteiger charge is -2.25. The summed E-state index contributed by atoms with van der Waals surface area (Å²) in [6.45, 7) is 0.440. The van der Waals surface area contributed by atoms with Crippen LogP contribution in [-0.2, 0) is 9.53 Å². The number of amides is 1. The zero-order chi connectivity index (χ0) is 8.72. The van der Waals surface area contributed by atoms with Crippen LogP contribution in [0, 0.1) is 0 Å². The molecule has 1 amide bonds. The second-order valence-electron chi connectivity index (χ2n) is 3.09. The number of hydrogen-bond donors (Lipinski definition) is 1. The van der Waals surface area contributed by atoms with Gasteiger partial charge in [0.1, 0.15) is 12.1 Å². The van der Waals surface area contributed by atoms with E-state index < -0.39 is 18.1 Å². The van der Waals surface area contributed by atoms with Crippen molar-refractivity contribution in [2.45, 2.75) is 25.0 Å². The van der Waals surface area contributed by atoms with Crippen LogP contribution < -0.4 is 0 Å². The fraction of sp³-hybridized carbons (Fsp3) is 0.714. The Bertz CT molecular complexity index is 240. The second-order valence-corrected chi connectivity index (χ2v) is 3.09. The van der Waals surface area contributed by atoms with Gasteiger partial charge in [0.05, 0.1) is 6.54 Å². The van der Waals surface area contributed by atoms with Gasteiger partial charge in [-0.25, -0.2) is 9.59 Å². The Hall–Kier alpha value is -1.26. The highest BCUT2D eigenvalue weighted by molar-refractivity contribution is 5.81. The lowest BCUT2D eigenvalue weighted by Crippen LogP contribution is -2.44. The summed E-state index contributed by atoms with van der Waals surface area (Å²) < 4.78 is 4.89. The van der Waals surface area contributed by atoms with E-state index in [1.54, 1.807) is 0 Å². The molecule has 0 aromatic heterocycles. The molecule has 5 heteroatoms. The van der Waals surface area contributed by atoms with Crippen molar-refractivity contribution in [1.29, 1.82) is 0 Å². The second kappa shape index (κ2) is 2.36. The third kappa shape index (κ3) is 0.929. The van der Waals surface area contributed by atoms with Gasteiger partial charge < -0.3 is 9.84 Å². The third-order valence-electron chi connectivity index (χ3n) is 2.33. The van der Waals surface area contributed by atoms with Gasteiger partial charge in [0, 0.05) is 0 Å². The van der Waals surface area contributed by atoms with Gasteiger partial charge in [-0.05, 0) is 12.8 Å². The van der Waals surface area contributed by atoms with Gasteiger partial charge in [-0.3, -0.25) is 4.90 Å². The maximum absolute atomic E-state index is 11.0. The van der Waals surface area contributed by atoms with Crippen LogP contribution in [0.25, 0.3) is 0 Å². The molecule has 2 aliphatic heterocycles. The fourth-order valence-electron chi connectivity index (χ4n) is 1.70. The van der Waals surface area contributed by atoms with Crippen LogP contribution in [0.5, 0.6) is 0 Å². The summed E-state index contributed by atoms with van der Waals surface area (Å²) in [6, 6.07) is -0.670. The van der Waals surface area contributed by atoms with Gasteiger partial charge in [0.25, 0.3) is 0 Å². The van der Waals surface area contributed by atoms with Crippen LogP contribution in [0.1, 0.15) is 12.8 Å². The molecule has 5 nitrogen and oxygen atoms in total. The number of carbonyl (C=O) groups excluding carboxylic acids is 1. The number of nitrogens with zero attached hydrogens (tertiary/aromatic N) is 1. The Morgan fingerprint density at radius 2 is 2.33 bits per heavy atom. The Morgan fingerprint density at radius 3 is 3.00 bits per heavy atom. The minimum atomic E-state index is -0.938. The molecule has 2 saturated heterocycles. The van der Waals surface area contributed by atoms with Crippen molar-refractivity contribution in [2.75, 3.05) is 6.54 Å². The van der Waals surface area contributed by atoms with Gasteiger partial charge >= 0.3 is 12.1 Å². The van der Waals surface area contributed by atoms with Gasteiger partial charge in [-0.2, -0.15) is 0 Å². The number of ether oxygens (including phenoxy) is 1. The summed E-state index contributed by atoms with van der Waals surface area (Å²) >= 11 is 0. The van der Waals surface area contributed by atoms with E-state index in [2.05, 4.69) is 0 Å². The number of piperidine rings is 1. The van der Waals surface area contributed by atoms with E-state index in [1.807, 2.05) is 0 Å². The standard InChI is InChI=1S/C7H9NO4/c9-6(10)5-2-1-4-3-8(5)7(11)12-4/h4-5H,1-3H2,(H,9,10)/t4-,5+/m1/s1. The Labute approximate surface area is 68.9 Å². The molecule has 0 spiro atoms. The Morgan fingerprint density at radius 1 is 1.58 bits per heavy atom. The topological polar surface area (TPSA) is 66.8 Å². The number of carbonyl (C=O) groups is 2. The summed E-state index contributed by atoms with van der Waals surface area (Å²) in [5, 5.41) is 8.73. The molecule has 66 valence electrons. The van der Waals surface area contributed by atoms with E-state index in [0.717, 1.165) is 0 Å². The molecule has 2 rings (SSSR count). The SMILES string of the molecule is O=C(O)[C@@H]1CC[C@@H]2CN1C(=O)O2. The largest absolute Gasteiger partial charge is 0.480 e. The lowest BCUT2D eigenvalue weighted by atomic mass is 10.0. The first-order valence-corrected chi connectivity index (χ1v) is 3.88. The van der Waals surface area contributed by atoms with Crippen LogP contribution in [-0.4, -0.2) is 40.8 Å². The summed E-state index contributed by atoms with van der Waals surface area (Å²) in [5.41, 5.74) is 0. The van der Waals surface area contributed by atoms with E-state index in [-0.39, 0.29) is 6.10 Å². The van der Waals surface area contributed by atoms with Crippen molar-refractivity contribution in [3.8, 4) is 0 Å². The van der Waals surface area contributed by atoms with Crippen molar-refractivity contribution < 1.29 is 19.4 Å². The first kappa shape index (κ1) is 7.39. The Balaban J connectivity index is 2.18. The van der Waals surface area contributed by atoms with E-state index in [9.17, 15) is 9.59 Å². The van der Waals surface area contributed by atoms with Crippen molar-refractivity contribution >= 4 is 12.1 Å². The van der Waals surface area contributed by atoms with Crippen molar-refractivity contribution in [2.24, 2.45) is 0 Å². The number of fused-ring (bicyclic) bond motifs is 2. The molecule has 0 unspecified atom stereocenters. The van der Waals surface area contributed by atoms with Gasteiger partial charge in [-0.1, -0.05) is 0 Å². The van der Waals surface area contributed by atoms with Crippen LogP contribution >= 0.6 is 0 Å². The predicted octanol–water partition coefficient (Wildman–Crippen LogP) is 0.0542. The molecule has 2 fully saturated rings. The molecule has 2 atom stereocenters. The van der Waals surface area contributed by atoms with E-state index in [1.165, 1.54) is 4.90 Å². The van der Waals surface area contributed by atoms with Crippen LogP contribution in [0.3, 0.4) is 0 Å². The van der Waals surface area contributed by atoms with Crippen LogP contribution in [0.4, 0.5) is 4.79 Å². The molecule has 0 aliphatic carbocycles. The molecule has 2 aliphatic rings. The number of aliphatic carboxylic acids is 1. The zero-order valence-electron chi connectivity index (χ0n) is 6.40. The number of hydrogen-bond acceptors (Lipinski definition) is 3. The molecular formula is C7H9NO4. The molecule has 2 bridgehead atoms. The van der Waals surface area contributed by atoms with Crippen molar-refractivity contribution in [1.82, 2.24) is 4.90 Å². The summed E-state index contributed by atoms with van der Waals surface area (Å²) in [7, 11) is 0. The number of carboxylic acid groups (broad SMARTS) is 1. The summed E-state index contributed by atoms with van der Waals surface area (Å²) in [5.74, 6) is -0.938. The molecule has 2 heterocycles. The first-order chi connectivity index (χ1) is 5.68. The monoisotopic (exact) mass is 171 g/mol. The maximum Gasteiger partial charge on any atom is 0.410 e. The van der Waals surface area contributed by atoms with Gasteiger partial charge in [0.15, 0.2) is 0 Å². The normalized spacial score (nSPS) is 33.3. The lowest BCUT2D eigenvalue weighted by molar-refractivity contribution is -0.142. The first-order valence-electron chi connectivity index (χ1n) is 3.88. The highest BCUT2D eigenvalue weighted by atomic mass is 16.6. The average molecular weight is 171 g/mol. The minimum Gasteiger partial charge on any atom is -0.480 e. The van der Waals surface area contributed by atoms with Crippen molar-refractivity contribution in [3.05, 3.63) is 0 Å². The van der Waals surface area contributed by atoms with Crippen LogP contribution in [0.15, 0.2) is 0 Å².